The number of hydrogen-bond acceptors (Lipinski definition) is 5. The fraction of sp³-hybridized carbons (Fsp3) is 0.217. The molecule has 0 saturated carbocycles. The number of nitrogens with one attached hydrogen (secondary N) is 3. The van der Waals surface area contributed by atoms with Crippen molar-refractivity contribution in [1.82, 2.24) is 15.6 Å². The quantitative estimate of drug-likeness (QED) is 0.544. The third-order valence-electron chi connectivity index (χ3n) is 4.56. The first-order valence-corrected chi connectivity index (χ1v) is 9.85. The number of carbonyl (C=O) groups excluding carboxylic acids is 3. The smallest absolute Gasteiger partial charge is 0.408 e. The number of benzene rings is 2. The van der Waals surface area contributed by atoms with Crippen LogP contribution in [0.2, 0.25) is 0 Å². The maximum absolute atomic E-state index is 12.4. The van der Waals surface area contributed by atoms with Gasteiger partial charge in [0, 0.05) is 17.3 Å². The van der Waals surface area contributed by atoms with Gasteiger partial charge in [-0.2, -0.15) is 0 Å². The van der Waals surface area contributed by atoms with Crippen LogP contribution >= 0.6 is 0 Å². The molecule has 1 heterocycles. The maximum Gasteiger partial charge on any atom is 0.408 e. The number of rotatable bonds is 7. The Labute approximate surface area is 180 Å². The van der Waals surface area contributed by atoms with Crippen LogP contribution in [-0.4, -0.2) is 35.0 Å². The lowest BCUT2D eigenvalue weighted by Crippen LogP contribution is -2.50. The van der Waals surface area contributed by atoms with Crippen molar-refractivity contribution in [3.05, 3.63) is 72.4 Å². The number of nitrogens with zero attached hydrogens (tertiary/aromatic N) is 1. The SMILES string of the molecule is C[C@H](NC(=O)OCc1ccccc1)C(=O)N[C@@H](C)C(=O)Nc1ccc2ncccc2c1. The molecule has 31 heavy (non-hydrogen) atoms. The van der Waals surface area contributed by atoms with E-state index in [2.05, 4.69) is 20.9 Å². The van der Waals surface area contributed by atoms with Gasteiger partial charge in [-0.05, 0) is 43.7 Å². The van der Waals surface area contributed by atoms with Crippen molar-refractivity contribution in [3.8, 4) is 0 Å². The molecule has 3 aromatic rings. The second-order valence-corrected chi connectivity index (χ2v) is 7.06. The van der Waals surface area contributed by atoms with Gasteiger partial charge in [0.15, 0.2) is 0 Å². The molecule has 0 aliphatic carbocycles. The minimum absolute atomic E-state index is 0.0983. The number of alkyl carbamates (subject to hydrolysis) is 1. The van der Waals surface area contributed by atoms with Gasteiger partial charge in [-0.1, -0.05) is 36.4 Å². The van der Waals surface area contributed by atoms with Gasteiger partial charge in [-0.15, -0.1) is 0 Å². The van der Waals surface area contributed by atoms with Crippen LogP contribution in [0.4, 0.5) is 10.5 Å². The Morgan fingerprint density at radius 2 is 1.65 bits per heavy atom. The summed E-state index contributed by atoms with van der Waals surface area (Å²) in [6.45, 7) is 3.18. The standard InChI is InChI=1S/C23H24N4O4/c1-15(22(29)27-19-10-11-20-18(13-19)9-6-12-24-20)25-21(28)16(2)26-23(30)31-14-17-7-4-3-5-8-17/h3-13,15-16H,14H2,1-2H3,(H,25,28)(H,26,30)(H,27,29)/t15-,16-/m0/s1. The molecule has 0 radical (unpaired) electrons. The first kappa shape index (κ1) is 21.8. The molecule has 160 valence electrons. The van der Waals surface area contributed by atoms with Crippen LogP contribution in [0.5, 0.6) is 0 Å². The van der Waals surface area contributed by atoms with E-state index < -0.39 is 24.1 Å². The Balaban J connectivity index is 1.46. The highest BCUT2D eigenvalue weighted by atomic mass is 16.5. The first-order chi connectivity index (χ1) is 14.9. The van der Waals surface area contributed by atoms with Crippen LogP contribution in [0, 0.1) is 0 Å². The molecule has 8 heteroatoms. The van der Waals surface area contributed by atoms with E-state index in [0.29, 0.717) is 5.69 Å². The predicted molar refractivity (Wildman–Crippen MR) is 117 cm³/mol. The zero-order valence-corrected chi connectivity index (χ0v) is 17.3. The fourth-order valence-corrected chi connectivity index (χ4v) is 2.81. The monoisotopic (exact) mass is 420 g/mol. The summed E-state index contributed by atoms with van der Waals surface area (Å²) >= 11 is 0. The summed E-state index contributed by atoms with van der Waals surface area (Å²) in [6, 6.07) is 16.6. The molecule has 3 amide bonds. The van der Waals surface area contributed by atoms with Crippen molar-refractivity contribution in [2.75, 3.05) is 5.32 Å². The van der Waals surface area contributed by atoms with E-state index in [1.54, 1.807) is 25.3 Å². The molecule has 1 aromatic heterocycles. The van der Waals surface area contributed by atoms with Crippen molar-refractivity contribution in [2.24, 2.45) is 0 Å². The summed E-state index contributed by atoms with van der Waals surface area (Å²) in [4.78, 5) is 40.9. The molecular weight excluding hydrogens is 396 g/mol. The van der Waals surface area contributed by atoms with E-state index in [1.165, 1.54) is 6.92 Å². The van der Waals surface area contributed by atoms with E-state index in [0.717, 1.165) is 16.5 Å². The van der Waals surface area contributed by atoms with Gasteiger partial charge in [0.1, 0.15) is 18.7 Å². The Kier molecular flexibility index (Phi) is 7.16. The number of pyridine rings is 1. The Morgan fingerprint density at radius 3 is 2.42 bits per heavy atom. The molecule has 0 bridgehead atoms. The van der Waals surface area contributed by atoms with Crippen molar-refractivity contribution in [2.45, 2.75) is 32.5 Å². The number of fused-ring (bicyclic) bond motifs is 1. The first-order valence-electron chi connectivity index (χ1n) is 9.85. The molecule has 0 aliphatic rings. The molecule has 0 spiro atoms. The number of aromatic nitrogens is 1. The van der Waals surface area contributed by atoms with Crippen molar-refractivity contribution >= 4 is 34.5 Å². The molecule has 0 saturated heterocycles. The highest BCUT2D eigenvalue weighted by Crippen LogP contribution is 2.17. The van der Waals surface area contributed by atoms with Gasteiger partial charge in [0.2, 0.25) is 11.8 Å². The lowest BCUT2D eigenvalue weighted by molar-refractivity contribution is -0.127. The predicted octanol–water partition coefficient (Wildman–Crippen LogP) is 2.99. The van der Waals surface area contributed by atoms with E-state index in [-0.39, 0.29) is 12.5 Å². The fourth-order valence-electron chi connectivity index (χ4n) is 2.81. The van der Waals surface area contributed by atoms with E-state index >= 15 is 0 Å². The van der Waals surface area contributed by atoms with E-state index in [9.17, 15) is 14.4 Å². The van der Waals surface area contributed by atoms with Crippen LogP contribution in [0.1, 0.15) is 19.4 Å². The highest BCUT2D eigenvalue weighted by molar-refractivity contribution is 5.99. The average Bonchev–Trinajstić information content (AvgIpc) is 2.78. The lowest BCUT2D eigenvalue weighted by Gasteiger charge is -2.18. The zero-order valence-electron chi connectivity index (χ0n) is 17.3. The Hall–Kier alpha value is -3.94. The summed E-state index contributed by atoms with van der Waals surface area (Å²) < 4.78 is 5.10. The normalized spacial score (nSPS) is 12.5. The van der Waals surface area contributed by atoms with Crippen molar-refractivity contribution < 1.29 is 19.1 Å². The number of hydrogen-bond donors (Lipinski definition) is 3. The molecule has 8 nitrogen and oxygen atoms in total. The highest BCUT2D eigenvalue weighted by Gasteiger charge is 2.21. The van der Waals surface area contributed by atoms with Crippen LogP contribution in [0.25, 0.3) is 10.9 Å². The summed E-state index contributed by atoms with van der Waals surface area (Å²) in [7, 11) is 0. The van der Waals surface area contributed by atoms with Crippen LogP contribution in [0.15, 0.2) is 66.9 Å². The largest absolute Gasteiger partial charge is 0.445 e. The van der Waals surface area contributed by atoms with Gasteiger partial charge in [0.05, 0.1) is 5.52 Å². The third-order valence-corrected chi connectivity index (χ3v) is 4.56. The molecule has 0 fully saturated rings. The number of amides is 3. The summed E-state index contributed by atoms with van der Waals surface area (Å²) in [5, 5.41) is 8.69. The molecule has 0 unspecified atom stereocenters. The second kappa shape index (κ2) is 10.2. The molecule has 3 N–H and O–H groups in total. The zero-order chi connectivity index (χ0) is 22.2. The van der Waals surface area contributed by atoms with Gasteiger partial charge in [-0.25, -0.2) is 4.79 Å². The summed E-state index contributed by atoms with van der Waals surface area (Å²) in [6.07, 6.45) is 0.985. The van der Waals surface area contributed by atoms with Crippen LogP contribution < -0.4 is 16.0 Å². The van der Waals surface area contributed by atoms with Crippen LogP contribution in [0.3, 0.4) is 0 Å². The molecule has 2 aromatic carbocycles. The number of ether oxygens (including phenoxy) is 1. The molecular formula is C23H24N4O4. The molecule has 3 rings (SSSR count). The van der Waals surface area contributed by atoms with Crippen molar-refractivity contribution in [3.63, 3.8) is 0 Å². The Morgan fingerprint density at radius 1 is 0.903 bits per heavy atom. The molecule has 2 atom stereocenters. The lowest BCUT2D eigenvalue weighted by atomic mass is 10.2. The van der Waals surface area contributed by atoms with Gasteiger partial charge < -0.3 is 20.7 Å². The number of anilines is 1. The second-order valence-electron chi connectivity index (χ2n) is 7.06. The average molecular weight is 420 g/mol. The van der Waals surface area contributed by atoms with Crippen LogP contribution in [-0.2, 0) is 20.9 Å². The summed E-state index contributed by atoms with van der Waals surface area (Å²) in [5.41, 5.74) is 2.26. The molecule has 0 aliphatic heterocycles. The minimum atomic E-state index is -0.870. The van der Waals surface area contributed by atoms with E-state index in [4.69, 9.17) is 4.74 Å². The van der Waals surface area contributed by atoms with Gasteiger partial charge in [0.25, 0.3) is 0 Å². The minimum Gasteiger partial charge on any atom is -0.445 e. The summed E-state index contributed by atoms with van der Waals surface area (Å²) in [5.74, 6) is -0.877. The van der Waals surface area contributed by atoms with E-state index in [1.807, 2.05) is 48.5 Å². The number of carbonyl (C=O) groups is 3. The van der Waals surface area contributed by atoms with Gasteiger partial charge >= 0.3 is 6.09 Å². The van der Waals surface area contributed by atoms with Crippen molar-refractivity contribution in [1.29, 1.82) is 0 Å². The third kappa shape index (κ3) is 6.27. The topological polar surface area (TPSA) is 109 Å². The Bertz CT molecular complexity index is 1070. The maximum atomic E-state index is 12.4. The van der Waals surface area contributed by atoms with Gasteiger partial charge in [-0.3, -0.25) is 14.6 Å².